The zero-order chi connectivity index (χ0) is 19.8. The molecule has 0 saturated carbocycles. The summed E-state index contributed by atoms with van der Waals surface area (Å²) in [5, 5.41) is 3.12. The Hall–Kier alpha value is -2.40. The largest absolute Gasteiger partial charge is 0.334 e. The van der Waals surface area contributed by atoms with E-state index < -0.39 is 0 Å². The van der Waals surface area contributed by atoms with Crippen LogP contribution >= 0.6 is 0 Å². The highest BCUT2D eigenvalue weighted by atomic mass is 19.1. The maximum atomic E-state index is 13.7. The number of nitrogens with one attached hydrogen (secondary N) is 1. The molecule has 0 radical (unpaired) electrons. The van der Waals surface area contributed by atoms with E-state index in [1.807, 2.05) is 36.4 Å². The lowest BCUT2D eigenvalue weighted by atomic mass is 9.76. The van der Waals surface area contributed by atoms with Crippen LogP contribution in [0.5, 0.6) is 0 Å². The number of carbonyl (C=O) groups excluding carboxylic acids is 1. The Morgan fingerprint density at radius 1 is 1.14 bits per heavy atom. The number of hydrogen-bond donors (Lipinski definition) is 1. The van der Waals surface area contributed by atoms with Crippen LogP contribution in [0.2, 0.25) is 0 Å². The first-order valence-electron chi connectivity index (χ1n) is 10.8. The highest BCUT2D eigenvalue weighted by Crippen LogP contribution is 2.42. The normalized spacial score (nSPS) is 26.2. The summed E-state index contributed by atoms with van der Waals surface area (Å²) in [5.74, 6) is 0.384. The Kier molecular flexibility index (Phi) is 5.00. The minimum absolute atomic E-state index is 0.0483. The fraction of sp³-hybridized carbons (Fsp3) is 0.458. The first-order chi connectivity index (χ1) is 14.2. The van der Waals surface area contributed by atoms with Crippen molar-refractivity contribution in [3.05, 3.63) is 71.0 Å². The van der Waals surface area contributed by atoms with Gasteiger partial charge in [0.1, 0.15) is 5.82 Å². The third-order valence-corrected chi connectivity index (χ3v) is 6.97. The molecule has 0 spiro atoms. The molecule has 29 heavy (non-hydrogen) atoms. The van der Waals surface area contributed by atoms with Crippen molar-refractivity contribution in [1.29, 1.82) is 0 Å². The SMILES string of the molecule is O=C(NCc1ccccc1)N1CCCC2CN3CCc4cc(F)ccc4C3CC21. The molecular formula is C24H28FN3O. The predicted octanol–water partition coefficient (Wildman–Crippen LogP) is 4.12. The average Bonchev–Trinajstić information content (AvgIpc) is 2.76. The van der Waals surface area contributed by atoms with Crippen LogP contribution in [-0.4, -0.2) is 41.5 Å². The summed E-state index contributed by atoms with van der Waals surface area (Å²) in [6.45, 7) is 3.41. The maximum Gasteiger partial charge on any atom is 0.317 e. The van der Waals surface area contributed by atoms with Gasteiger partial charge in [-0.2, -0.15) is 0 Å². The van der Waals surface area contributed by atoms with E-state index in [9.17, 15) is 9.18 Å². The molecule has 3 heterocycles. The molecule has 2 fully saturated rings. The van der Waals surface area contributed by atoms with Gasteiger partial charge in [-0.15, -0.1) is 0 Å². The summed E-state index contributed by atoms with van der Waals surface area (Å²) in [6.07, 6.45) is 4.12. The molecule has 2 aromatic carbocycles. The molecule has 2 amide bonds. The van der Waals surface area contributed by atoms with E-state index in [1.54, 1.807) is 12.1 Å². The van der Waals surface area contributed by atoms with Gasteiger partial charge in [-0.3, -0.25) is 4.90 Å². The standard InChI is InChI=1S/C24H28FN3O/c25-20-8-9-21-18(13-20)10-12-27-16-19-7-4-11-28(22(19)14-23(21)27)24(29)26-15-17-5-2-1-3-6-17/h1-3,5-6,8-9,13,19,22-23H,4,7,10-12,14-16H2,(H,26,29). The molecule has 152 valence electrons. The number of likely N-dealkylation sites (tertiary alicyclic amines) is 1. The van der Waals surface area contributed by atoms with Crippen molar-refractivity contribution in [3.8, 4) is 0 Å². The molecule has 3 atom stereocenters. The monoisotopic (exact) mass is 393 g/mol. The number of carbonyl (C=O) groups is 1. The molecule has 0 bridgehead atoms. The van der Waals surface area contributed by atoms with Crippen LogP contribution in [0.15, 0.2) is 48.5 Å². The third-order valence-electron chi connectivity index (χ3n) is 6.97. The Balaban J connectivity index is 1.33. The van der Waals surface area contributed by atoms with Crippen LogP contribution in [-0.2, 0) is 13.0 Å². The van der Waals surface area contributed by atoms with Gasteiger partial charge in [-0.05, 0) is 60.4 Å². The summed E-state index contributed by atoms with van der Waals surface area (Å²) < 4.78 is 13.7. The van der Waals surface area contributed by atoms with E-state index in [2.05, 4.69) is 15.1 Å². The Morgan fingerprint density at radius 2 is 2.00 bits per heavy atom. The summed E-state index contributed by atoms with van der Waals surface area (Å²) in [7, 11) is 0. The number of halogens is 1. The maximum absolute atomic E-state index is 13.7. The van der Waals surface area contributed by atoms with Gasteiger partial charge < -0.3 is 10.2 Å². The molecule has 5 heteroatoms. The van der Waals surface area contributed by atoms with E-state index in [0.717, 1.165) is 50.0 Å². The van der Waals surface area contributed by atoms with Crippen molar-refractivity contribution in [2.24, 2.45) is 5.92 Å². The number of fused-ring (bicyclic) bond motifs is 4. The van der Waals surface area contributed by atoms with Crippen LogP contribution in [0, 0.1) is 11.7 Å². The van der Waals surface area contributed by atoms with Gasteiger partial charge in [0, 0.05) is 38.3 Å². The zero-order valence-corrected chi connectivity index (χ0v) is 16.7. The Morgan fingerprint density at radius 3 is 2.86 bits per heavy atom. The molecule has 2 aromatic rings. The van der Waals surface area contributed by atoms with Crippen molar-refractivity contribution in [1.82, 2.24) is 15.1 Å². The molecule has 1 N–H and O–H groups in total. The van der Waals surface area contributed by atoms with E-state index in [0.29, 0.717) is 18.5 Å². The van der Waals surface area contributed by atoms with Gasteiger partial charge in [-0.25, -0.2) is 9.18 Å². The number of hydrogen-bond acceptors (Lipinski definition) is 2. The highest BCUT2D eigenvalue weighted by Gasteiger charge is 2.43. The number of amides is 2. The molecule has 5 rings (SSSR count). The van der Waals surface area contributed by atoms with E-state index in [4.69, 9.17) is 0 Å². The van der Waals surface area contributed by atoms with Gasteiger partial charge in [0.15, 0.2) is 0 Å². The van der Waals surface area contributed by atoms with Crippen molar-refractivity contribution >= 4 is 6.03 Å². The number of piperidine rings is 2. The number of nitrogens with zero attached hydrogens (tertiary/aromatic N) is 2. The Labute approximate surface area is 171 Å². The number of rotatable bonds is 2. The first-order valence-corrected chi connectivity index (χ1v) is 10.8. The fourth-order valence-electron chi connectivity index (χ4n) is 5.55. The van der Waals surface area contributed by atoms with Gasteiger partial charge in [0.05, 0.1) is 0 Å². The summed E-state index contributed by atoms with van der Waals surface area (Å²) >= 11 is 0. The van der Waals surface area contributed by atoms with Gasteiger partial charge in [0.25, 0.3) is 0 Å². The van der Waals surface area contributed by atoms with E-state index in [-0.39, 0.29) is 17.9 Å². The van der Waals surface area contributed by atoms with E-state index in [1.165, 1.54) is 12.0 Å². The zero-order valence-electron chi connectivity index (χ0n) is 16.7. The van der Waals surface area contributed by atoms with E-state index >= 15 is 0 Å². The molecule has 2 saturated heterocycles. The molecule has 4 nitrogen and oxygen atoms in total. The van der Waals surface area contributed by atoms with Crippen LogP contribution < -0.4 is 5.32 Å². The second kappa shape index (κ2) is 7.79. The van der Waals surface area contributed by atoms with Gasteiger partial charge >= 0.3 is 6.03 Å². The lowest BCUT2D eigenvalue weighted by Gasteiger charge is -2.52. The summed E-state index contributed by atoms with van der Waals surface area (Å²) in [4.78, 5) is 17.7. The average molecular weight is 394 g/mol. The quantitative estimate of drug-likeness (QED) is 0.833. The van der Waals surface area contributed by atoms with Gasteiger partial charge in [0.2, 0.25) is 0 Å². The molecule has 3 aliphatic heterocycles. The fourth-order valence-corrected chi connectivity index (χ4v) is 5.55. The predicted molar refractivity (Wildman–Crippen MR) is 111 cm³/mol. The van der Waals surface area contributed by atoms with Crippen molar-refractivity contribution < 1.29 is 9.18 Å². The van der Waals surface area contributed by atoms with Crippen molar-refractivity contribution in [2.45, 2.75) is 44.3 Å². The van der Waals surface area contributed by atoms with Crippen LogP contribution in [0.25, 0.3) is 0 Å². The topological polar surface area (TPSA) is 35.6 Å². The number of benzene rings is 2. The Bertz CT molecular complexity index is 887. The smallest absolute Gasteiger partial charge is 0.317 e. The number of urea groups is 1. The van der Waals surface area contributed by atoms with Crippen molar-refractivity contribution in [2.75, 3.05) is 19.6 Å². The highest BCUT2D eigenvalue weighted by molar-refractivity contribution is 5.74. The van der Waals surface area contributed by atoms with Gasteiger partial charge in [-0.1, -0.05) is 36.4 Å². The lowest BCUT2D eigenvalue weighted by molar-refractivity contribution is 0.00563. The second-order valence-electron chi connectivity index (χ2n) is 8.65. The lowest BCUT2D eigenvalue weighted by Crippen LogP contribution is -2.59. The second-order valence-corrected chi connectivity index (χ2v) is 8.65. The first kappa shape index (κ1) is 18.6. The van der Waals surface area contributed by atoms with Crippen LogP contribution in [0.4, 0.5) is 9.18 Å². The minimum atomic E-state index is -0.148. The molecular weight excluding hydrogens is 365 g/mol. The molecule has 0 aromatic heterocycles. The van der Waals surface area contributed by atoms with Crippen LogP contribution in [0.1, 0.15) is 42.0 Å². The van der Waals surface area contributed by atoms with Crippen LogP contribution in [0.3, 0.4) is 0 Å². The minimum Gasteiger partial charge on any atom is -0.334 e. The van der Waals surface area contributed by atoms with Crippen molar-refractivity contribution in [3.63, 3.8) is 0 Å². The summed E-state index contributed by atoms with van der Waals surface area (Å²) in [6, 6.07) is 15.9. The molecule has 3 unspecified atom stereocenters. The third kappa shape index (κ3) is 3.64. The summed E-state index contributed by atoms with van der Waals surface area (Å²) in [5.41, 5.74) is 3.51. The molecule has 0 aliphatic carbocycles. The molecule has 3 aliphatic rings.